The molecule has 0 amide bonds. The molecule has 78 valence electrons. The number of hydrogen-bond donors (Lipinski definition) is 1. The van der Waals surface area contributed by atoms with Gasteiger partial charge in [-0.3, -0.25) is 0 Å². The Hall–Kier alpha value is -1.16. The summed E-state index contributed by atoms with van der Waals surface area (Å²) in [4.78, 5) is 0. The second kappa shape index (κ2) is 4.91. The van der Waals surface area contributed by atoms with Gasteiger partial charge in [-0.25, -0.2) is 0 Å². The van der Waals surface area contributed by atoms with E-state index in [1.165, 1.54) is 12.1 Å². The molecule has 0 radical (unpaired) electrons. The van der Waals surface area contributed by atoms with Crippen LogP contribution in [0.4, 0.5) is 8.78 Å². The number of rotatable bonds is 4. The van der Waals surface area contributed by atoms with Crippen molar-refractivity contribution in [2.24, 2.45) is 0 Å². The van der Waals surface area contributed by atoms with Crippen LogP contribution in [0.15, 0.2) is 24.3 Å². The van der Waals surface area contributed by atoms with Crippen molar-refractivity contribution >= 4 is 0 Å². The van der Waals surface area contributed by atoms with Crippen LogP contribution in [0.5, 0.6) is 5.75 Å². The Morgan fingerprint density at radius 2 is 1.79 bits per heavy atom. The molecular formula is C10H13F2NO. The second-order valence-electron chi connectivity index (χ2n) is 2.96. The zero-order valence-electron chi connectivity index (χ0n) is 8.13. The van der Waals surface area contributed by atoms with E-state index in [1.807, 2.05) is 14.0 Å². The molecule has 0 aromatic heterocycles. The molecular weight excluding hydrogens is 188 g/mol. The third kappa shape index (κ3) is 2.96. The summed E-state index contributed by atoms with van der Waals surface area (Å²) in [6.07, 6.45) is 0. The molecule has 0 aliphatic carbocycles. The van der Waals surface area contributed by atoms with Crippen molar-refractivity contribution < 1.29 is 13.5 Å². The highest BCUT2D eigenvalue weighted by atomic mass is 19.3. The minimum absolute atomic E-state index is 0.187. The van der Waals surface area contributed by atoms with E-state index in [0.29, 0.717) is 0 Å². The Labute approximate surface area is 81.9 Å². The average molecular weight is 201 g/mol. The van der Waals surface area contributed by atoms with Crippen molar-refractivity contribution in [1.82, 2.24) is 5.32 Å². The Morgan fingerprint density at radius 3 is 2.21 bits per heavy atom. The van der Waals surface area contributed by atoms with Crippen molar-refractivity contribution in [1.29, 1.82) is 0 Å². The standard InChI is InChI=1S/C10H13F2NO/c1-7(13-2)8-3-5-9(6-4-8)14-10(11)12/h3-7,10,13H,1-2H3/t7-/m1/s1. The van der Waals surface area contributed by atoms with Gasteiger partial charge in [0.1, 0.15) is 5.75 Å². The van der Waals surface area contributed by atoms with Gasteiger partial charge < -0.3 is 10.1 Å². The van der Waals surface area contributed by atoms with Crippen molar-refractivity contribution in [3.05, 3.63) is 29.8 Å². The lowest BCUT2D eigenvalue weighted by Gasteiger charge is -2.11. The van der Waals surface area contributed by atoms with Gasteiger partial charge in [0.15, 0.2) is 0 Å². The maximum Gasteiger partial charge on any atom is 0.387 e. The van der Waals surface area contributed by atoms with E-state index in [9.17, 15) is 8.78 Å². The fourth-order valence-electron chi connectivity index (χ4n) is 1.10. The van der Waals surface area contributed by atoms with Gasteiger partial charge in [0, 0.05) is 6.04 Å². The molecule has 0 heterocycles. The Morgan fingerprint density at radius 1 is 1.21 bits per heavy atom. The molecule has 0 unspecified atom stereocenters. The SMILES string of the molecule is CN[C@H](C)c1ccc(OC(F)F)cc1. The second-order valence-corrected chi connectivity index (χ2v) is 2.96. The number of nitrogens with one attached hydrogen (secondary N) is 1. The summed E-state index contributed by atoms with van der Waals surface area (Å²) < 4.78 is 27.9. The fourth-order valence-corrected chi connectivity index (χ4v) is 1.10. The molecule has 0 saturated carbocycles. The smallest absolute Gasteiger partial charge is 0.387 e. The van der Waals surface area contributed by atoms with E-state index in [1.54, 1.807) is 12.1 Å². The molecule has 1 N–H and O–H groups in total. The fraction of sp³-hybridized carbons (Fsp3) is 0.400. The highest BCUT2D eigenvalue weighted by molar-refractivity contribution is 5.28. The normalized spacial score (nSPS) is 12.9. The predicted molar refractivity (Wildman–Crippen MR) is 50.5 cm³/mol. The van der Waals surface area contributed by atoms with Gasteiger partial charge in [0.25, 0.3) is 0 Å². The summed E-state index contributed by atoms with van der Waals surface area (Å²) in [6, 6.07) is 6.80. The van der Waals surface area contributed by atoms with Gasteiger partial charge in [0.2, 0.25) is 0 Å². The summed E-state index contributed by atoms with van der Waals surface area (Å²) >= 11 is 0. The Balaban J connectivity index is 2.68. The lowest BCUT2D eigenvalue weighted by atomic mass is 10.1. The number of alkyl halides is 2. The molecule has 0 aliphatic heterocycles. The molecule has 14 heavy (non-hydrogen) atoms. The zero-order chi connectivity index (χ0) is 10.6. The first-order valence-corrected chi connectivity index (χ1v) is 4.35. The Bertz CT molecular complexity index is 274. The van der Waals surface area contributed by atoms with Crippen LogP contribution in [0.2, 0.25) is 0 Å². The quantitative estimate of drug-likeness (QED) is 0.808. The number of halogens is 2. The van der Waals surface area contributed by atoms with E-state index in [0.717, 1.165) is 5.56 Å². The zero-order valence-corrected chi connectivity index (χ0v) is 8.13. The lowest BCUT2D eigenvalue weighted by molar-refractivity contribution is -0.0498. The highest BCUT2D eigenvalue weighted by Crippen LogP contribution is 2.18. The van der Waals surface area contributed by atoms with Crippen LogP contribution >= 0.6 is 0 Å². The first-order valence-electron chi connectivity index (χ1n) is 4.35. The van der Waals surface area contributed by atoms with Gasteiger partial charge >= 0.3 is 6.61 Å². The van der Waals surface area contributed by atoms with E-state index < -0.39 is 6.61 Å². The molecule has 0 fully saturated rings. The Kier molecular flexibility index (Phi) is 3.83. The lowest BCUT2D eigenvalue weighted by Crippen LogP contribution is -2.12. The molecule has 2 nitrogen and oxygen atoms in total. The van der Waals surface area contributed by atoms with Crippen molar-refractivity contribution in [3.63, 3.8) is 0 Å². The van der Waals surface area contributed by atoms with Crippen molar-refractivity contribution in [3.8, 4) is 5.75 Å². The topological polar surface area (TPSA) is 21.3 Å². The van der Waals surface area contributed by atoms with Gasteiger partial charge in [-0.2, -0.15) is 8.78 Å². The maximum atomic E-state index is 11.8. The van der Waals surface area contributed by atoms with Crippen molar-refractivity contribution in [2.45, 2.75) is 19.6 Å². The molecule has 0 aliphatic rings. The molecule has 4 heteroatoms. The van der Waals surface area contributed by atoms with E-state index in [4.69, 9.17) is 0 Å². The van der Waals surface area contributed by atoms with Gasteiger partial charge in [0.05, 0.1) is 0 Å². The van der Waals surface area contributed by atoms with Gasteiger partial charge in [-0.05, 0) is 31.7 Å². The first-order chi connectivity index (χ1) is 6.63. The predicted octanol–water partition coefficient (Wildman–Crippen LogP) is 2.57. The third-order valence-corrected chi connectivity index (χ3v) is 2.04. The highest BCUT2D eigenvalue weighted by Gasteiger charge is 2.05. The van der Waals surface area contributed by atoms with Crippen LogP contribution in [0.1, 0.15) is 18.5 Å². The number of hydrogen-bond acceptors (Lipinski definition) is 2. The minimum atomic E-state index is -2.76. The summed E-state index contributed by atoms with van der Waals surface area (Å²) in [7, 11) is 1.84. The van der Waals surface area contributed by atoms with Crippen LogP contribution in [-0.4, -0.2) is 13.7 Å². The van der Waals surface area contributed by atoms with Crippen LogP contribution in [-0.2, 0) is 0 Å². The average Bonchev–Trinajstić information content (AvgIpc) is 2.17. The number of ether oxygens (including phenoxy) is 1. The summed E-state index contributed by atoms with van der Waals surface area (Å²) in [5, 5.41) is 3.05. The van der Waals surface area contributed by atoms with E-state index >= 15 is 0 Å². The molecule has 1 aromatic carbocycles. The first kappa shape index (κ1) is 10.9. The molecule has 1 rings (SSSR count). The summed E-state index contributed by atoms with van der Waals surface area (Å²) in [5.41, 5.74) is 1.04. The minimum Gasteiger partial charge on any atom is -0.435 e. The molecule has 1 aromatic rings. The van der Waals surface area contributed by atoms with Crippen LogP contribution in [0.3, 0.4) is 0 Å². The maximum absolute atomic E-state index is 11.8. The largest absolute Gasteiger partial charge is 0.435 e. The monoisotopic (exact) mass is 201 g/mol. The van der Waals surface area contributed by atoms with Crippen LogP contribution in [0.25, 0.3) is 0 Å². The third-order valence-electron chi connectivity index (χ3n) is 2.04. The summed E-state index contributed by atoms with van der Waals surface area (Å²) in [6.45, 7) is -0.772. The van der Waals surface area contributed by atoms with E-state index in [-0.39, 0.29) is 11.8 Å². The van der Waals surface area contributed by atoms with E-state index in [2.05, 4.69) is 10.1 Å². The van der Waals surface area contributed by atoms with Crippen molar-refractivity contribution in [2.75, 3.05) is 7.05 Å². The molecule has 0 bridgehead atoms. The number of benzene rings is 1. The molecule has 1 atom stereocenters. The summed E-state index contributed by atoms with van der Waals surface area (Å²) in [5.74, 6) is 0.187. The van der Waals surface area contributed by atoms with Gasteiger partial charge in [-0.1, -0.05) is 12.1 Å². The van der Waals surface area contributed by atoms with Crippen LogP contribution < -0.4 is 10.1 Å². The molecule has 0 spiro atoms. The van der Waals surface area contributed by atoms with Crippen LogP contribution in [0, 0.1) is 0 Å². The molecule has 0 saturated heterocycles. The van der Waals surface area contributed by atoms with Gasteiger partial charge in [-0.15, -0.1) is 0 Å².